The first-order valence-electron chi connectivity index (χ1n) is 9.34. The van der Waals surface area contributed by atoms with Gasteiger partial charge >= 0.3 is 0 Å². The third-order valence-electron chi connectivity index (χ3n) is 5.27. The number of nitrogens with zero attached hydrogens (tertiary/aromatic N) is 2. The van der Waals surface area contributed by atoms with E-state index in [0.29, 0.717) is 0 Å². The van der Waals surface area contributed by atoms with Crippen LogP contribution < -0.4 is 4.90 Å². The Bertz CT molecular complexity index is 915. The van der Waals surface area contributed by atoms with Crippen molar-refractivity contribution in [1.29, 1.82) is 0 Å². The summed E-state index contributed by atoms with van der Waals surface area (Å²) in [7, 11) is 0. The van der Waals surface area contributed by atoms with Gasteiger partial charge in [0.15, 0.2) is 0 Å². The van der Waals surface area contributed by atoms with E-state index < -0.39 is 0 Å². The van der Waals surface area contributed by atoms with Crippen molar-refractivity contribution in [2.45, 2.75) is 6.92 Å². The Hall–Kier alpha value is -2.72. The minimum Gasteiger partial charge on any atom is -0.332 e. The molecule has 3 aromatic rings. The molecule has 0 unspecified atom stereocenters. The first-order chi connectivity index (χ1) is 12.8. The second kappa shape index (κ2) is 7.26. The summed E-state index contributed by atoms with van der Waals surface area (Å²) in [5.74, 6) is 0.121. The maximum absolute atomic E-state index is 13.3. The Labute approximate surface area is 154 Å². The molecule has 2 heterocycles. The molecule has 1 fully saturated rings. The highest BCUT2D eigenvalue weighted by Gasteiger charge is 2.25. The van der Waals surface area contributed by atoms with E-state index >= 15 is 0 Å². The summed E-state index contributed by atoms with van der Waals surface area (Å²) in [5.41, 5.74) is 3.52. The summed E-state index contributed by atoms with van der Waals surface area (Å²) in [4.78, 5) is 21.6. The van der Waals surface area contributed by atoms with Crippen LogP contribution in [0.2, 0.25) is 0 Å². The predicted molar refractivity (Wildman–Crippen MR) is 104 cm³/mol. The molecule has 26 heavy (non-hydrogen) atoms. The number of likely N-dealkylation sites (N-methyl/N-ethyl adjacent to an activating group) is 1. The fourth-order valence-electron chi connectivity index (χ4n) is 3.66. The summed E-state index contributed by atoms with van der Waals surface area (Å²) in [6.07, 6.45) is 0. The van der Waals surface area contributed by atoms with Gasteiger partial charge in [0.05, 0.1) is 49.5 Å². The lowest BCUT2D eigenvalue weighted by molar-refractivity contribution is -0.902. The van der Waals surface area contributed by atoms with Crippen molar-refractivity contribution in [1.82, 2.24) is 9.88 Å². The molecule has 2 aromatic carbocycles. The monoisotopic (exact) mass is 346 g/mol. The number of amides is 1. The van der Waals surface area contributed by atoms with Crippen LogP contribution in [0.25, 0.3) is 22.2 Å². The molecule has 0 bridgehead atoms. The van der Waals surface area contributed by atoms with Crippen molar-refractivity contribution in [3.8, 4) is 11.3 Å². The van der Waals surface area contributed by atoms with E-state index in [1.165, 1.54) is 0 Å². The molecule has 0 aliphatic carbocycles. The van der Waals surface area contributed by atoms with Crippen LogP contribution in [0.15, 0.2) is 60.7 Å². The molecular formula is C22H24N3O+. The van der Waals surface area contributed by atoms with Crippen molar-refractivity contribution in [2.75, 3.05) is 32.7 Å². The Morgan fingerprint density at radius 2 is 1.73 bits per heavy atom. The molecule has 132 valence electrons. The highest BCUT2D eigenvalue weighted by Crippen LogP contribution is 2.25. The summed E-state index contributed by atoms with van der Waals surface area (Å²) in [6, 6.07) is 20.0. The largest absolute Gasteiger partial charge is 0.332 e. The maximum Gasteiger partial charge on any atom is 0.255 e. The number of hydrogen-bond donors (Lipinski definition) is 1. The first kappa shape index (κ1) is 16.7. The number of quaternary nitrogens is 1. The highest BCUT2D eigenvalue weighted by molar-refractivity contribution is 6.07. The minimum atomic E-state index is 0.121. The van der Waals surface area contributed by atoms with E-state index in [2.05, 4.69) is 6.92 Å². The summed E-state index contributed by atoms with van der Waals surface area (Å²) < 4.78 is 0. The average Bonchev–Trinajstić information content (AvgIpc) is 2.73. The second-order valence-corrected chi connectivity index (χ2v) is 6.83. The zero-order valence-corrected chi connectivity index (χ0v) is 15.1. The zero-order chi connectivity index (χ0) is 17.9. The van der Waals surface area contributed by atoms with Gasteiger partial charge in [-0.25, -0.2) is 4.98 Å². The Morgan fingerprint density at radius 3 is 2.46 bits per heavy atom. The summed E-state index contributed by atoms with van der Waals surface area (Å²) in [6.45, 7) is 7.01. The molecule has 1 N–H and O–H groups in total. The number of carbonyl (C=O) groups excluding carboxylic acids is 1. The Morgan fingerprint density at radius 1 is 1.04 bits per heavy atom. The number of pyridine rings is 1. The van der Waals surface area contributed by atoms with Gasteiger partial charge in [0, 0.05) is 10.9 Å². The molecule has 4 nitrogen and oxygen atoms in total. The predicted octanol–water partition coefficient (Wildman–Crippen LogP) is 2.26. The standard InChI is InChI=1S/C22H23N3O/c1-2-24-12-14-25(15-13-24)22(26)19-16-21(17-8-4-3-5-9-17)23-20-11-7-6-10-18(19)20/h3-11,16H,2,12-15H2,1H3/p+1. The Balaban J connectivity index is 1.75. The van der Waals surface area contributed by atoms with Crippen molar-refractivity contribution in [2.24, 2.45) is 0 Å². The molecular weight excluding hydrogens is 322 g/mol. The van der Waals surface area contributed by atoms with Crippen molar-refractivity contribution < 1.29 is 9.69 Å². The van der Waals surface area contributed by atoms with Crippen LogP contribution in [0.1, 0.15) is 17.3 Å². The normalized spacial score (nSPS) is 15.3. The molecule has 0 atom stereocenters. The molecule has 1 aromatic heterocycles. The van der Waals surface area contributed by atoms with Crippen LogP contribution in [-0.2, 0) is 0 Å². The zero-order valence-electron chi connectivity index (χ0n) is 15.1. The number of rotatable bonds is 3. The fourth-order valence-corrected chi connectivity index (χ4v) is 3.66. The number of carbonyl (C=O) groups is 1. The molecule has 4 rings (SSSR count). The molecule has 0 spiro atoms. The van der Waals surface area contributed by atoms with Crippen LogP contribution in [0.5, 0.6) is 0 Å². The first-order valence-corrected chi connectivity index (χ1v) is 9.34. The molecule has 1 aliphatic heterocycles. The van der Waals surface area contributed by atoms with Gasteiger partial charge < -0.3 is 9.80 Å². The van der Waals surface area contributed by atoms with Gasteiger partial charge in [-0.15, -0.1) is 0 Å². The van der Waals surface area contributed by atoms with Crippen molar-refractivity contribution >= 4 is 16.8 Å². The SMILES string of the molecule is CC[NH+]1CCN(C(=O)c2cc(-c3ccccc3)nc3ccccc23)CC1. The van der Waals surface area contributed by atoms with Gasteiger partial charge in [0.25, 0.3) is 5.91 Å². The maximum atomic E-state index is 13.3. The summed E-state index contributed by atoms with van der Waals surface area (Å²) in [5, 5.41) is 0.933. The smallest absolute Gasteiger partial charge is 0.255 e. The molecule has 1 amide bonds. The van der Waals surface area contributed by atoms with Crippen molar-refractivity contribution in [3.63, 3.8) is 0 Å². The molecule has 1 saturated heterocycles. The molecule has 0 saturated carbocycles. The van der Waals surface area contributed by atoms with Gasteiger partial charge in [-0.1, -0.05) is 48.5 Å². The van der Waals surface area contributed by atoms with Gasteiger partial charge in [-0.05, 0) is 19.1 Å². The van der Waals surface area contributed by atoms with Crippen LogP contribution in [0.3, 0.4) is 0 Å². The quantitative estimate of drug-likeness (QED) is 0.790. The average molecular weight is 346 g/mol. The number of nitrogens with one attached hydrogen (secondary N) is 1. The number of hydrogen-bond acceptors (Lipinski definition) is 2. The van der Waals surface area contributed by atoms with Crippen LogP contribution >= 0.6 is 0 Å². The number of benzene rings is 2. The fraction of sp³-hybridized carbons (Fsp3) is 0.273. The van der Waals surface area contributed by atoms with Gasteiger partial charge in [-0.2, -0.15) is 0 Å². The second-order valence-electron chi connectivity index (χ2n) is 6.83. The third-order valence-corrected chi connectivity index (χ3v) is 5.27. The number of fused-ring (bicyclic) bond motifs is 1. The lowest BCUT2D eigenvalue weighted by Gasteiger charge is -2.32. The lowest BCUT2D eigenvalue weighted by atomic mass is 10.0. The van der Waals surface area contributed by atoms with Crippen LogP contribution in [0.4, 0.5) is 0 Å². The lowest BCUT2D eigenvalue weighted by Crippen LogP contribution is -3.14. The van der Waals surface area contributed by atoms with Gasteiger partial charge in [-0.3, -0.25) is 4.79 Å². The number of aromatic nitrogens is 1. The third kappa shape index (κ3) is 3.20. The number of piperazine rings is 1. The minimum absolute atomic E-state index is 0.121. The van der Waals surface area contributed by atoms with Crippen molar-refractivity contribution in [3.05, 3.63) is 66.2 Å². The van der Waals surface area contributed by atoms with Crippen LogP contribution in [0, 0.1) is 0 Å². The van der Waals surface area contributed by atoms with E-state index in [1.807, 2.05) is 65.6 Å². The Kier molecular flexibility index (Phi) is 4.67. The van der Waals surface area contributed by atoms with E-state index in [-0.39, 0.29) is 5.91 Å². The highest BCUT2D eigenvalue weighted by atomic mass is 16.2. The summed E-state index contributed by atoms with van der Waals surface area (Å²) >= 11 is 0. The van der Waals surface area contributed by atoms with E-state index in [1.54, 1.807) is 4.90 Å². The number of para-hydroxylation sites is 1. The van der Waals surface area contributed by atoms with Gasteiger partial charge in [0.2, 0.25) is 0 Å². The van der Waals surface area contributed by atoms with E-state index in [4.69, 9.17) is 4.98 Å². The molecule has 0 radical (unpaired) electrons. The van der Waals surface area contributed by atoms with E-state index in [0.717, 1.165) is 60.4 Å². The molecule has 1 aliphatic rings. The topological polar surface area (TPSA) is 37.6 Å². The van der Waals surface area contributed by atoms with Crippen LogP contribution in [-0.4, -0.2) is 48.5 Å². The van der Waals surface area contributed by atoms with Gasteiger partial charge in [0.1, 0.15) is 0 Å². The molecule has 4 heteroatoms. The van der Waals surface area contributed by atoms with E-state index in [9.17, 15) is 4.79 Å².